The minimum atomic E-state index is -0.158. The molecule has 1 amide bonds. The molecule has 0 saturated carbocycles. The number of aryl methyl sites for hydroxylation is 1. The summed E-state index contributed by atoms with van der Waals surface area (Å²) < 4.78 is 16.1. The van der Waals surface area contributed by atoms with E-state index in [9.17, 15) is 9.18 Å². The molecule has 1 atom stereocenters. The molecule has 1 unspecified atom stereocenters. The Morgan fingerprint density at radius 1 is 1.00 bits per heavy atom. The lowest BCUT2D eigenvalue weighted by Gasteiger charge is -2.37. The van der Waals surface area contributed by atoms with Gasteiger partial charge in [0.05, 0.1) is 5.69 Å². The van der Waals surface area contributed by atoms with Crippen molar-refractivity contribution in [3.63, 3.8) is 0 Å². The van der Waals surface area contributed by atoms with Crippen LogP contribution in [0.4, 0.5) is 10.1 Å². The van der Waals surface area contributed by atoms with Crippen LogP contribution in [0.3, 0.4) is 0 Å². The quantitative estimate of drug-likeness (QED) is 0.658. The van der Waals surface area contributed by atoms with Gasteiger partial charge in [0.15, 0.2) is 0 Å². The molecule has 6 nitrogen and oxygen atoms in total. The van der Waals surface area contributed by atoms with E-state index in [1.807, 2.05) is 34.7 Å². The van der Waals surface area contributed by atoms with Crippen molar-refractivity contribution in [2.24, 2.45) is 13.0 Å². The van der Waals surface area contributed by atoms with Crippen LogP contribution in [0.1, 0.15) is 29.4 Å². The highest BCUT2D eigenvalue weighted by Crippen LogP contribution is 2.23. The number of hydrogen-bond acceptors (Lipinski definition) is 4. The van der Waals surface area contributed by atoms with Gasteiger partial charge in [-0.25, -0.2) is 4.39 Å². The zero-order chi connectivity index (χ0) is 24.4. The monoisotopic (exact) mass is 477 g/mol. The van der Waals surface area contributed by atoms with Gasteiger partial charge in [0.2, 0.25) is 0 Å². The lowest BCUT2D eigenvalue weighted by molar-refractivity contribution is 0.0662. The maximum Gasteiger partial charge on any atom is 0.270 e. The van der Waals surface area contributed by atoms with Gasteiger partial charge in [-0.05, 0) is 42.2 Å². The van der Waals surface area contributed by atoms with Crippen LogP contribution in [0.5, 0.6) is 0 Å². The Labute approximate surface area is 207 Å². The largest absolute Gasteiger partial charge is 0.368 e. The Morgan fingerprint density at radius 2 is 1.71 bits per heavy atom. The second-order valence-corrected chi connectivity index (χ2v) is 10.0. The molecule has 35 heavy (non-hydrogen) atoms. The molecule has 1 aromatic heterocycles. The van der Waals surface area contributed by atoms with Crippen molar-refractivity contribution in [1.29, 1.82) is 0 Å². The zero-order valence-corrected chi connectivity index (χ0v) is 20.9. The summed E-state index contributed by atoms with van der Waals surface area (Å²) in [4.78, 5) is 22.2. The highest BCUT2D eigenvalue weighted by atomic mass is 19.1. The molecular weight excluding hydrogens is 441 g/mol. The molecule has 0 radical (unpaired) electrons. The van der Waals surface area contributed by atoms with Gasteiger partial charge in [0.1, 0.15) is 11.5 Å². The van der Waals surface area contributed by atoms with Crippen LogP contribution in [-0.2, 0) is 13.6 Å². The summed E-state index contributed by atoms with van der Waals surface area (Å²) in [6, 6.07) is 9.04. The van der Waals surface area contributed by atoms with Crippen LogP contribution >= 0.6 is 0 Å². The number of carbonyl (C=O) groups excluding carboxylic acids is 1. The lowest BCUT2D eigenvalue weighted by atomic mass is 10.0. The first-order valence-corrected chi connectivity index (χ1v) is 12.8. The highest BCUT2D eigenvalue weighted by Gasteiger charge is 2.26. The van der Waals surface area contributed by atoms with Crippen LogP contribution in [0.25, 0.3) is 0 Å². The fourth-order valence-corrected chi connectivity index (χ4v) is 5.33. The van der Waals surface area contributed by atoms with Crippen LogP contribution < -0.4 is 4.90 Å². The van der Waals surface area contributed by atoms with Crippen molar-refractivity contribution < 1.29 is 9.18 Å². The highest BCUT2D eigenvalue weighted by molar-refractivity contribution is 5.93. The zero-order valence-electron chi connectivity index (χ0n) is 20.9. The number of aromatic nitrogens is 1. The summed E-state index contributed by atoms with van der Waals surface area (Å²) in [6.07, 6.45) is 9.99. The number of carbonyl (C=O) groups is 1. The number of rotatable bonds is 5. The van der Waals surface area contributed by atoms with Crippen LogP contribution in [0.2, 0.25) is 0 Å². The second-order valence-electron chi connectivity index (χ2n) is 10.0. The molecule has 2 fully saturated rings. The summed E-state index contributed by atoms with van der Waals surface area (Å²) in [5.74, 6) is 0.572. The Kier molecular flexibility index (Phi) is 6.95. The number of halogens is 1. The topological polar surface area (TPSA) is 35.0 Å². The molecule has 5 rings (SSSR count). The van der Waals surface area contributed by atoms with E-state index in [1.165, 1.54) is 11.8 Å². The molecule has 186 valence electrons. The normalized spacial score (nSPS) is 21.4. The van der Waals surface area contributed by atoms with Gasteiger partial charge in [0, 0.05) is 77.8 Å². The molecule has 7 heteroatoms. The smallest absolute Gasteiger partial charge is 0.270 e. The fraction of sp³-hybridized carbons (Fsp3) is 0.464. The number of para-hydroxylation sites is 1. The fourth-order valence-electron chi connectivity index (χ4n) is 5.33. The number of amides is 1. The summed E-state index contributed by atoms with van der Waals surface area (Å²) in [7, 11) is 1.96. The molecule has 0 spiro atoms. The summed E-state index contributed by atoms with van der Waals surface area (Å²) >= 11 is 0. The molecule has 0 N–H and O–H groups in total. The molecule has 0 bridgehead atoms. The number of piperazine rings is 2. The maximum atomic E-state index is 14.1. The van der Waals surface area contributed by atoms with E-state index in [0.717, 1.165) is 76.6 Å². The van der Waals surface area contributed by atoms with Crippen LogP contribution in [-0.4, -0.2) is 77.5 Å². The predicted octanol–water partition coefficient (Wildman–Crippen LogP) is 3.72. The third kappa shape index (κ3) is 5.30. The van der Waals surface area contributed by atoms with Crippen molar-refractivity contribution in [3.05, 3.63) is 77.5 Å². The van der Waals surface area contributed by atoms with E-state index in [0.29, 0.717) is 11.6 Å². The number of allylic oxidation sites excluding steroid dienone is 3. The van der Waals surface area contributed by atoms with Gasteiger partial charge < -0.3 is 19.3 Å². The Hall–Kier alpha value is -3.06. The maximum absolute atomic E-state index is 14.1. The molecule has 1 aromatic carbocycles. The predicted molar refractivity (Wildman–Crippen MR) is 138 cm³/mol. The SMILES string of the molecule is CC1C=CC(N2CCN(C(=O)c3cc(CN4CCN(c5ccccc5F)CC4)cn3C)CC2)=CC1. The molecule has 1 aliphatic carbocycles. The van der Waals surface area contributed by atoms with E-state index in [4.69, 9.17) is 0 Å². The second kappa shape index (κ2) is 10.3. The van der Waals surface area contributed by atoms with Gasteiger partial charge >= 0.3 is 0 Å². The molecule has 2 aromatic rings. The molecule has 3 heterocycles. The number of benzene rings is 1. The molecule has 2 saturated heterocycles. The Bertz CT molecular complexity index is 1110. The van der Waals surface area contributed by atoms with Crippen molar-refractivity contribution in [1.82, 2.24) is 19.3 Å². The van der Waals surface area contributed by atoms with E-state index in [1.54, 1.807) is 6.07 Å². The average Bonchev–Trinajstić information content (AvgIpc) is 3.25. The summed E-state index contributed by atoms with van der Waals surface area (Å²) in [6.45, 7) is 9.63. The lowest BCUT2D eigenvalue weighted by Crippen LogP contribution is -2.48. The Balaban J connectivity index is 1.14. The first-order chi connectivity index (χ1) is 17.0. The number of anilines is 1. The van der Waals surface area contributed by atoms with E-state index in [-0.39, 0.29) is 11.7 Å². The van der Waals surface area contributed by atoms with Gasteiger partial charge in [0.25, 0.3) is 5.91 Å². The van der Waals surface area contributed by atoms with Crippen molar-refractivity contribution in [3.8, 4) is 0 Å². The third-order valence-corrected chi connectivity index (χ3v) is 7.48. The molecular formula is C28H36FN5O. The standard InChI is InChI=1S/C28H36FN5O/c1-22-7-9-24(10-8-22)32-15-17-34(18-16-32)28(35)27-19-23(20-30(27)2)21-31-11-13-33(14-12-31)26-6-4-3-5-25(26)29/h3-7,9-10,19-20,22H,8,11-18,21H2,1-2H3. The third-order valence-electron chi connectivity index (χ3n) is 7.48. The average molecular weight is 478 g/mol. The minimum absolute atomic E-state index is 0.115. The van der Waals surface area contributed by atoms with Crippen LogP contribution in [0, 0.1) is 11.7 Å². The number of nitrogens with zero attached hydrogens (tertiary/aromatic N) is 5. The van der Waals surface area contributed by atoms with Crippen molar-refractivity contribution in [2.45, 2.75) is 19.9 Å². The minimum Gasteiger partial charge on any atom is -0.368 e. The Morgan fingerprint density at radius 3 is 2.40 bits per heavy atom. The van der Waals surface area contributed by atoms with E-state index < -0.39 is 0 Å². The van der Waals surface area contributed by atoms with E-state index >= 15 is 0 Å². The van der Waals surface area contributed by atoms with Gasteiger partial charge in [-0.3, -0.25) is 9.69 Å². The molecule has 2 aliphatic heterocycles. The van der Waals surface area contributed by atoms with Gasteiger partial charge in [-0.2, -0.15) is 0 Å². The van der Waals surface area contributed by atoms with Crippen molar-refractivity contribution in [2.75, 3.05) is 57.3 Å². The molecule has 3 aliphatic rings. The van der Waals surface area contributed by atoms with E-state index in [2.05, 4.69) is 46.0 Å². The first-order valence-electron chi connectivity index (χ1n) is 12.8. The van der Waals surface area contributed by atoms with Crippen LogP contribution in [0.15, 0.2) is 60.5 Å². The summed E-state index contributed by atoms with van der Waals surface area (Å²) in [5, 5.41) is 0. The van der Waals surface area contributed by atoms with Crippen molar-refractivity contribution >= 4 is 11.6 Å². The van der Waals surface area contributed by atoms with Gasteiger partial charge in [-0.15, -0.1) is 0 Å². The number of hydrogen-bond donors (Lipinski definition) is 0. The summed E-state index contributed by atoms with van der Waals surface area (Å²) in [5.41, 5.74) is 3.89. The first kappa shape index (κ1) is 23.7. The van der Waals surface area contributed by atoms with Gasteiger partial charge in [-0.1, -0.05) is 31.2 Å².